The Hall–Kier alpha value is -1.96. The molecule has 0 atom stereocenters. The zero-order valence-electron chi connectivity index (χ0n) is 11.0. The number of rotatable bonds is 5. The fourth-order valence-electron chi connectivity index (χ4n) is 2.02. The zero-order valence-corrected chi connectivity index (χ0v) is 11.0. The topological polar surface area (TPSA) is 17.1 Å². The molecule has 2 aromatic carbocycles. The summed E-state index contributed by atoms with van der Waals surface area (Å²) in [6.07, 6.45) is 2.96. The minimum absolute atomic E-state index is 0.145. The maximum Gasteiger partial charge on any atom is 0.195 e. The van der Waals surface area contributed by atoms with Gasteiger partial charge >= 0.3 is 0 Å². The first-order valence-corrected chi connectivity index (χ1v) is 6.60. The molecule has 0 aliphatic carbocycles. The van der Waals surface area contributed by atoms with Gasteiger partial charge in [-0.15, -0.1) is 0 Å². The largest absolute Gasteiger partial charge is 0.288 e. The van der Waals surface area contributed by atoms with E-state index in [2.05, 4.69) is 6.92 Å². The summed E-state index contributed by atoms with van der Waals surface area (Å²) in [5.74, 6) is -0.692. The quantitative estimate of drug-likeness (QED) is 0.725. The van der Waals surface area contributed by atoms with Crippen LogP contribution in [-0.4, -0.2) is 5.78 Å². The molecule has 0 saturated heterocycles. The van der Waals surface area contributed by atoms with E-state index in [-0.39, 0.29) is 11.3 Å². The van der Waals surface area contributed by atoms with Crippen molar-refractivity contribution >= 4 is 5.78 Å². The number of hydrogen-bond donors (Lipinski definition) is 0. The van der Waals surface area contributed by atoms with E-state index in [1.165, 1.54) is 6.07 Å². The first-order chi connectivity index (χ1) is 9.22. The van der Waals surface area contributed by atoms with Crippen LogP contribution in [-0.2, 0) is 6.42 Å². The van der Waals surface area contributed by atoms with Crippen LogP contribution in [0.25, 0.3) is 0 Å². The lowest BCUT2D eigenvalue weighted by Gasteiger charge is -2.05. The Morgan fingerprint density at radius 1 is 1.11 bits per heavy atom. The molecule has 0 saturated carbocycles. The van der Waals surface area contributed by atoms with E-state index in [0.29, 0.717) is 5.56 Å². The van der Waals surface area contributed by atoms with Crippen LogP contribution >= 0.6 is 0 Å². The maximum atomic E-state index is 14.0. The summed E-state index contributed by atoms with van der Waals surface area (Å²) in [5.41, 5.74) is 1.61. The summed E-state index contributed by atoms with van der Waals surface area (Å²) in [6.45, 7) is 2.10. The van der Waals surface area contributed by atoms with E-state index < -0.39 is 5.82 Å². The van der Waals surface area contributed by atoms with Crippen molar-refractivity contribution in [3.05, 3.63) is 71.0 Å². The highest BCUT2D eigenvalue weighted by molar-refractivity contribution is 6.09. The fourth-order valence-corrected chi connectivity index (χ4v) is 2.02. The van der Waals surface area contributed by atoms with Gasteiger partial charge in [-0.2, -0.15) is 0 Å². The zero-order chi connectivity index (χ0) is 13.7. The summed E-state index contributed by atoms with van der Waals surface area (Å²) in [6, 6.07) is 13.7. The average Bonchev–Trinajstić information content (AvgIpc) is 2.45. The summed E-state index contributed by atoms with van der Waals surface area (Å²) in [4.78, 5) is 12.2. The number of benzene rings is 2. The van der Waals surface area contributed by atoms with Gasteiger partial charge in [0.15, 0.2) is 5.78 Å². The van der Waals surface area contributed by atoms with Gasteiger partial charge in [0.05, 0.1) is 5.56 Å². The van der Waals surface area contributed by atoms with Crippen molar-refractivity contribution in [3.63, 3.8) is 0 Å². The molecular weight excluding hydrogens is 239 g/mol. The molecule has 0 radical (unpaired) electrons. The number of hydrogen-bond acceptors (Lipinski definition) is 1. The standard InChI is InChI=1S/C17H17FO/c1-2-3-7-13-10-11-15(16(18)12-13)17(19)14-8-5-4-6-9-14/h4-6,8-12H,2-3,7H2,1H3. The van der Waals surface area contributed by atoms with E-state index in [9.17, 15) is 9.18 Å². The molecule has 98 valence electrons. The van der Waals surface area contributed by atoms with E-state index in [0.717, 1.165) is 24.8 Å². The van der Waals surface area contributed by atoms with E-state index in [1.54, 1.807) is 30.3 Å². The molecule has 0 spiro atoms. The van der Waals surface area contributed by atoms with Gasteiger partial charge in [0, 0.05) is 5.56 Å². The summed E-state index contributed by atoms with van der Waals surface area (Å²) >= 11 is 0. The number of aryl methyl sites for hydroxylation is 1. The van der Waals surface area contributed by atoms with Gasteiger partial charge in [0.1, 0.15) is 5.82 Å². The molecule has 0 N–H and O–H groups in total. The molecule has 0 unspecified atom stereocenters. The Labute approximate surface area is 113 Å². The highest BCUT2D eigenvalue weighted by Gasteiger charge is 2.13. The number of carbonyl (C=O) groups is 1. The molecule has 0 heterocycles. The van der Waals surface area contributed by atoms with Crippen LogP contribution in [0, 0.1) is 5.82 Å². The molecule has 2 rings (SSSR count). The Morgan fingerprint density at radius 2 is 1.84 bits per heavy atom. The van der Waals surface area contributed by atoms with Gasteiger partial charge in [-0.1, -0.05) is 49.7 Å². The third-order valence-corrected chi connectivity index (χ3v) is 3.13. The lowest BCUT2D eigenvalue weighted by Crippen LogP contribution is -2.04. The summed E-state index contributed by atoms with van der Waals surface area (Å²) in [7, 11) is 0. The van der Waals surface area contributed by atoms with Gasteiger partial charge in [-0.25, -0.2) is 4.39 Å². The van der Waals surface area contributed by atoms with Crippen molar-refractivity contribution in [2.24, 2.45) is 0 Å². The van der Waals surface area contributed by atoms with Gasteiger partial charge in [-0.3, -0.25) is 4.79 Å². The molecule has 0 aliphatic heterocycles. The maximum absolute atomic E-state index is 14.0. The minimum atomic E-state index is -0.428. The second kappa shape index (κ2) is 6.28. The Balaban J connectivity index is 2.24. The van der Waals surface area contributed by atoms with E-state index in [4.69, 9.17) is 0 Å². The van der Waals surface area contributed by atoms with Crippen molar-refractivity contribution in [2.75, 3.05) is 0 Å². The lowest BCUT2D eigenvalue weighted by atomic mass is 10.00. The van der Waals surface area contributed by atoms with Crippen molar-refractivity contribution < 1.29 is 9.18 Å². The Bertz CT molecular complexity index is 561. The molecule has 2 heteroatoms. The number of ketones is 1. The molecular formula is C17H17FO. The Morgan fingerprint density at radius 3 is 2.47 bits per heavy atom. The van der Waals surface area contributed by atoms with Crippen molar-refractivity contribution in [1.82, 2.24) is 0 Å². The average molecular weight is 256 g/mol. The highest BCUT2D eigenvalue weighted by Crippen LogP contribution is 2.16. The lowest BCUT2D eigenvalue weighted by molar-refractivity contribution is 0.103. The predicted octanol–water partition coefficient (Wildman–Crippen LogP) is 4.40. The molecule has 0 amide bonds. The highest BCUT2D eigenvalue weighted by atomic mass is 19.1. The molecule has 2 aromatic rings. The number of halogens is 1. The third-order valence-electron chi connectivity index (χ3n) is 3.13. The normalized spacial score (nSPS) is 10.4. The fraction of sp³-hybridized carbons (Fsp3) is 0.235. The van der Waals surface area contributed by atoms with Crippen molar-refractivity contribution in [2.45, 2.75) is 26.2 Å². The second-order valence-corrected chi connectivity index (χ2v) is 4.61. The van der Waals surface area contributed by atoms with Crippen molar-refractivity contribution in [1.29, 1.82) is 0 Å². The van der Waals surface area contributed by atoms with Crippen LogP contribution in [0.5, 0.6) is 0 Å². The molecule has 0 fully saturated rings. The van der Waals surface area contributed by atoms with Crippen LogP contribution in [0.1, 0.15) is 41.3 Å². The summed E-state index contributed by atoms with van der Waals surface area (Å²) in [5, 5.41) is 0. The first kappa shape index (κ1) is 13.5. The number of carbonyl (C=O) groups excluding carboxylic acids is 1. The monoisotopic (exact) mass is 256 g/mol. The van der Waals surface area contributed by atoms with Crippen LogP contribution in [0.2, 0.25) is 0 Å². The summed E-state index contributed by atoms with van der Waals surface area (Å²) < 4.78 is 14.0. The molecule has 0 aromatic heterocycles. The smallest absolute Gasteiger partial charge is 0.195 e. The van der Waals surface area contributed by atoms with E-state index in [1.807, 2.05) is 12.1 Å². The van der Waals surface area contributed by atoms with Crippen LogP contribution in [0.15, 0.2) is 48.5 Å². The van der Waals surface area contributed by atoms with Crippen LogP contribution in [0.4, 0.5) is 4.39 Å². The SMILES string of the molecule is CCCCc1ccc(C(=O)c2ccccc2)c(F)c1. The van der Waals surface area contributed by atoms with Gasteiger partial charge in [-0.05, 0) is 30.5 Å². The van der Waals surface area contributed by atoms with E-state index >= 15 is 0 Å². The third kappa shape index (κ3) is 3.28. The van der Waals surface area contributed by atoms with Gasteiger partial charge < -0.3 is 0 Å². The molecule has 0 bridgehead atoms. The second-order valence-electron chi connectivity index (χ2n) is 4.61. The molecule has 19 heavy (non-hydrogen) atoms. The van der Waals surface area contributed by atoms with Crippen LogP contribution in [0.3, 0.4) is 0 Å². The Kier molecular flexibility index (Phi) is 4.45. The van der Waals surface area contributed by atoms with Crippen molar-refractivity contribution in [3.8, 4) is 0 Å². The molecule has 1 nitrogen and oxygen atoms in total. The molecule has 0 aliphatic rings. The van der Waals surface area contributed by atoms with Crippen LogP contribution < -0.4 is 0 Å². The van der Waals surface area contributed by atoms with Gasteiger partial charge in [0.2, 0.25) is 0 Å². The van der Waals surface area contributed by atoms with Gasteiger partial charge in [0.25, 0.3) is 0 Å². The number of unbranched alkanes of at least 4 members (excludes halogenated alkanes) is 1. The predicted molar refractivity (Wildman–Crippen MR) is 74.9 cm³/mol. The first-order valence-electron chi connectivity index (χ1n) is 6.60. The minimum Gasteiger partial charge on any atom is -0.288 e.